The summed E-state index contributed by atoms with van der Waals surface area (Å²) < 4.78 is 26.8. The van der Waals surface area contributed by atoms with Crippen LogP contribution in [0.4, 0.5) is 0 Å². The number of nitrogens with zero attached hydrogens (tertiary/aromatic N) is 1. The minimum absolute atomic E-state index is 0.305. The van der Waals surface area contributed by atoms with E-state index in [4.69, 9.17) is 11.6 Å². The maximum atomic E-state index is 12.7. The molecule has 0 heterocycles. The Bertz CT molecular complexity index is 573. The van der Waals surface area contributed by atoms with E-state index in [-0.39, 0.29) is 0 Å². The summed E-state index contributed by atoms with van der Waals surface area (Å²) in [6.07, 6.45) is 2.96. The standard InChI is InChI=1S/C15H25ClN2O2S/c1-5-6-7-8-18(4)21(19,20)15-10-14(16)9-13(11-17-3)12(15)2/h9-10,17H,5-8,11H2,1-4H3. The highest BCUT2D eigenvalue weighted by atomic mass is 35.5. The van der Waals surface area contributed by atoms with Crippen molar-refractivity contribution in [2.45, 2.75) is 44.6 Å². The minimum atomic E-state index is -3.49. The molecule has 1 aromatic carbocycles. The lowest BCUT2D eigenvalue weighted by atomic mass is 10.1. The number of rotatable bonds is 8. The molecular formula is C15H25ClN2O2S. The molecule has 120 valence electrons. The molecule has 0 fully saturated rings. The molecule has 0 saturated heterocycles. The Labute approximate surface area is 133 Å². The molecule has 0 aliphatic rings. The molecule has 1 rings (SSSR count). The van der Waals surface area contributed by atoms with Crippen molar-refractivity contribution < 1.29 is 8.42 Å². The smallest absolute Gasteiger partial charge is 0.243 e. The minimum Gasteiger partial charge on any atom is -0.316 e. The van der Waals surface area contributed by atoms with Crippen molar-refractivity contribution in [3.63, 3.8) is 0 Å². The molecule has 0 aliphatic carbocycles. The first-order valence-corrected chi connectivity index (χ1v) is 9.06. The summed E-state index contributed by atoms with van der Waals surface area (Å²) in [5.41, 5.74) is 1.67. The van der Waals surface area contributed by atoms with Crippen LogP contribution >= 0.6 is 11.6 Å². The van der Waals surface area contributed by atoms with Gasteiger partial charge in [-0.1, -0.05) is 31.4 Å². The van der Waals surface area contributed by atoms with Crippen LogP contribution in [0.1, 0.15) is 37.3 Å². The zero-order chi connectivity index (χ0) is 16.0. The number of sulfonamides is 1. The van der Waals surface area contributed by atoms with Gasteiger partial charge in [0.2, 0.25) is 10.0 Å². The summed E-state index contributed by atoms with van der Waals surface area (Å²) in [4.78, 5) is 0.305. The molecule has 0 atom stereocenters. The number of benzene rings is 1. The number of nitrogens with one attached hydrogen (secondary N) is 1. The van der Waals surface area contributed by atoms with Gasteiger partial charge in [-0.15, -0.1) is 0 Å². The SMILES string of the molecule is CCCCCN(C)S(=O)(=O)c1cc(Cl)cc(CNC)c1C. The number of halogens is 1. The third kappa shape index (κ3) is 4.68. The van der Waals surface area contributed by atoms with E-state index < -0.39 is 10.0 Å². The van der Waals surface area contributed by atoms with E-state index in [2.05, 4.69) is 12.2 Å². The summed E-state index contributed by atoms with van der Waals surface area (Å²) in [7, 11) is -0.0395. The van der Waals surface area contributed by atoms with Crippen molar-refractivity contribution in [2.24, 2.45) is 0 Å². The highest BCUT2D eigenvalue weighted by molar-refractivity contribution is 7.89. The molecule has 0 amide bonds. The van der Waals surface area contributed by atoms with Gasteiger partial charge in [0.05, 0.1) is 4.90 Å². The van der Waals surface area contributed by atoms with Gasteiger partial charge in [0.1, 0.15) is 0 Å². The maximum absolute atomic E-state index is 12.7. The van der Waals surface area contributed by atoms with Gasteiger partial charge in [-0.25, -0.2) is 12.7 Å². The Morgan fingerprint density at radius 3 is 2.52 bits per heavy atom. The van der Waals surface area contributed by atoms with Crippen LogP contribution in [0.25, 0.3) is 0 Å². The summed E-state index contributed by atoms with van der Waals surface area (Å²) in [5, 5.41) is 3.49. The van der Waals surface area contributed by atoms with Gasteiger partial charge in [0.25, 0.3) is 0 Å². The first-order valence-electron chi connectivity index (χ1n) is 7.24. The summed E-state index contributed by atoms with van der Waals surface area (Å²) in [6.45, 7) is 5.05. The molecule has 1 N–H and O–H groups in total. The molecule has 0 aromatic heterocycles. The normalized spacial score (nSPS) is 12.1. The molecule has 1 aromatic rings. The van der Waals surface area contributed by atoms with Crippen LogP contribution in [0.2, 0.25) is 5.02 Å². The zero-order valence-corrected chi connectivity index (χ0v) is 14.8. The third-order valence-corrected chi connectivity index (χ3v) is 5.77. The highest BCUT2D eigenvalue weighted by Gasteiger charge is 2.24. The fourth-order valence-corrected chi connectivity index (χ4v) is 4.03. The van der Waals surface area contributed by atoms with Crippen molar-refractivity contribution in [3.8, 4) is 0 Å². The van der Waals surface area contributed by atoms with Crippen molar-refractivity contribution in [1.29, 1.82) is 0 Å². The molecule has 0 unspecified atom stereocenters. The van der Waals surface area contributed by atoms with Crippen LogP contribution in [-0.4, -0.2) is 33.4 Å². The molecule has 0 radical (unpaired) electrons. The second kappa shape index (κ2) is 8.13. The summed E-state index contributed by atoms with van der Waals surface area (Å²) in [6, 6.07) is 3.35. The quantitative estimate of drug-likeness (QED) is 0.744. The lowest BCUT2D eigenvalue weighted by Gasteiger charge is -2.20. The lowest BCUT2D eigenvalue weighted by Crippen LogP contribution is -2.29. The Morgan fingerprint density at radius 1 is 1.29 bits per heavy atom. The summed E-state index contributed by atoms with van der Waals surface area (Å²) in [5.74, 6) is 0. The van der Waals surface area contributed by atoms with E-state index in [1.807, 2.05) is 20.0 Å². The predicted octanol–water partition coefficient (Wildman–Crippen LogP) is 3.18. The number of hydrogen-bond donors (Lipinski definition) is 1. The van der Waals surface area contributed by atoms with Crippen molar-refractivity contribution in [1.82, 2.24) is 9.62 Å². The maximum Gasteiger partial charge on any atom is 0.243 e. The average Bonchev–Trinajstić information content (AvgIpc) is 2.42. The van der Waals surface area contributed by atoms with Crippen LogP contribution in [-0.2, 0) is 16.6 Å². The Morgan fingerprint density at radius 2 is 1.95 bits per heavy atom. The molecule has 0 spiro atoms. The molecule has 0 bridgehead atoms. The van der Waals surface area contributed by atoms with Gasteiger partial charge < -0.3 is 5.32 Å². The Kier molecular flexibility index (Phi) is 7.13. The molecule has 21 heavy (non-hydrogen) atoms. The van der Waals surface area contributed by atoms with Gasteiger partial charge >= 0.3 is 0 Å². The van der Waals surface area contributed by atoms with E-state index in [0.29, 0.717) is 23.0 Å². The van der Waals surface area contributed by atoms with Crippen LogP contribution < -0.4 is 5.32 Å². The van der Waals surface area contributed by atoms with Crippen LogP contribution in [0.15, 0.2) is 17.0 Å². The van der Waals surface area contributed by atoms with Crippen LogP contribution in [0.5, 0.6) is 0 Å². The van der Waals surface area contributed by atoms with Gasteiger partial charge in [-0.05, 0) is 43.7 Å². The molecule has 0 aliphatic heterocycles. The Hall–Kier alpha value is -0.620. The van der Waals surface area contributed by atoms with Crippen molar-refractivity contribution in [2.75, 3.05) is 20.6 Å². The van der Waals surface area contributed by atoms with Gasteiger partial charge in [-0.3, -0.25) is 0 Å². The number of unbranched alkanes of at least 4 members (excludes halogenated alkanes) is 2. The second-order valence-electron chi connectivity index (χ2n) is 5.25. The zero-order valence-electron chi connectivity index (χ0n) is 13.2. The van der Waals surface area contributed by atoms with Gasteiger partial charge in [0.15, 0.2) is 0 Å². The van der Waals surface area contributed by atoms with E-state index in [9.17, 15) is 8.42 Å². The first kappa shape index (κ1) is 18.4. The van der Waals surface area contributed by atoms with E-state index in [1.54, 1.807) is 13.1 Å². The highest BCUT2D eigenvalue weighted by Crippen LogP contribution is 2.26. The van der Waals surface area contributed by atoms with Crippen molar-refractivity contribution >= 4 is 21.6 Å². The summed E-state index contributed by atoms with van der Waals surface area (Å²) >= 11 is 6.08. The van der Waals surface area contributed by atoms with E-state index in [0.717, 1.165) is 30.4 Å². The van der Waals surface area contributed by atoms with Gasteiger partial charge in [-0.2, -0.15) is 0 Å². The monoisotopic (exact) mass is 332 g/mol. The topological polar surface area (TPSA) is 49.4 Å². The third-order valence-electron chi connectivity index (χ3n) is 3.56. The lowest BCUT2D eigenvalue weighted by molar-refractivity contribution is 0.454. The largest absolute Gasteiger partial charge is 0.316 e. The second-order valence-corrected chi connectivity index (χ2v) is 7.70. The van der Waals surface area contributed by atoms with Crippen LogP contribution in [0.3, 0.4) is 0 Å². The number of hydrogen-bond acceptors (Lipinski definition) is 3. The Balaban J connectivity index is 3.12. The molecule has 0 saturated carbocycles. The van der Waals surface area contributed by atoms with Gasteiger partial charge in [0, 0.05) is 25.2 Å². The van der Waals surface area contributed by atoms with E-state index in [1.165, 1.54) is 4.31 Å². The van der Waals surface area contributed by atoms with E-state index >= 15 is 0 Å². The molecule has 6 heteroatoms. The molecular weight excluding hydrogens is 308 g/mol. The average molecular weight is 333 g/mol. The predicted molar refractivity (Wildman–Crippen MR) is 88.3 cm³/mol. The fourth-order valence-electron chi connectivity index (χ4n) is 2.22. The first-order chi connectivity index (χ1) is 9.84. The van der Waals surface area contributed by atoms with Crippen LogP contribution in [0, 0.1) is 6.92 Å². The molecule has 4 nitrogen and oxygen atoms in total. The fraction of sp³-hybridized carbons (Fsp3) is 0.600. The van der Waals surface area contributed by atoms with Crippen molar-refractivity contribution in [3.05, 3.63) is 28.3 Å².